The normalized spacial score (nSPS) is 16.9. The van der Waals surface area contributed by atoms with Crippen LogP contribution in [0.5, 0.6) is 11.5 Å². The standard InChI is InChI=1S/C25H27NO4.C13H11Cl2NO/c1-25(2,3)30-24(28)26-14-18(15-27)23-20-12-8-7-11-19(20)22(13-21(23)26)29-16-17-9-5-4-6-10-17;14-6-8-7-16(15)11-5-12(17)9-3-1-2-4-10(9)13(8)11/h4-13,18,27H,14-16H2,1-3H3;1-5,8,17H,6-7H2/t18-;8-/m01/s1. The minimum absolute atomic E-state index is 0.0412. The highest BCUT2D eigenvalue weighted by Gasteiger charge is 2.37. The molecular weight excluding hydrogens is 635 g/mol. The number of nitrogens with zero attached hydrogens (tertiary/aromatic N) is 2. The van der Waals surface area contributed by atoms with Gasteiger partial charge in [-0.2, -0.15) is 0 Å². The monoisotopic (exact) mass is 672 g/mol. The number of benzene rings is 5. The average molecular weight is 674 g/mol. The molecule has 0 fully saturated rings. The van der Waals surface area contributed by atoms with Gasteiger partial charge in [-0.05, 0) is 48.2 Å². The van der Waals surface area contributed by atoms with E-state index in [1.54, 1.807) is 15.4 Å². The van der Waals surface area contributed by atoms with Crippen molar-refractivity contribution in [3.63, 3.8) is 0 Å². The van der Waals surface area contributed by atoms with Crippen molar-refractivity contribution in [2.24, 2.45) is 0 Å². The molecule has 0 radical (unpaired) electrons. The van der Waals surface area contributed by atoms with E-state index in [1.807, 2.05) is 106 Å². The lowest BCUT2D eigenvalue weighted by Crippen LogP contribution is -2.36. The van der Waals surface area contributed by atoms with Crippen molar-refractivity contribution in [3.8, 4) is 11.5 Å². The number of anilines is 2. The molecule has 2 N–H and O–H groups in total. The van der Waals surface area contributed by atoms with E-state index in [0.717, 1.165) is 49.6 Å². The zero-order valence-corrected chi connectivity index (χ0v) is 28.1. The molecular formula is C38H38Cl2N2O5. The summed E-state index contributed by atoms with van der Waals surface area (Å²) in [6.45, 7) is 7.00. The van der Waals surface area contributed by atoms with Gasteiger partial charge in [0, 0.05) is 65.5 Å². The third kappa shape index (κ3) is 6.66. The Morgan fingerprint density at radius 1 is 0.830 bits per heavy atom. The van der Waals surface area contributed by atoms with E-state index in [2.05, 4.69) is 0 Å². The number of aromatic hydroxyl groups is 1. The maximum absolute atomic E-state index is 12.9. The number of aliphatic hydroxyl groups excluding tert-OH is 1. The number of carbonyl (C=O) groups excluding carboxylic acids is 1. The van der Waals surface area contributed by atoms with Gasteiger partial charge in [-0.25, -0.2) is 4.79 Å². The number of phenolic OH excluding ortho intramolecular Hbond substituents is 1. The number of alkyl halides is 1. The average Bonchev–Trinajstić information content (AvgIpc) is 3.61. The summed E-state index contributed by atoms with van der Waals surface area (Å²) in [5.74, 6) is 1.56. The van der Waals surface area contributed by atoms with Gasteiger partial charge in [0.05, 0.1) is 18.0 Å². The molecule has 2 heterocycles. The summed E-state index contributed by atoms with van der Waals surface area (Å²) in [6, 6.07) is 29.4. The van der Waals surface area contributed by atoms with Crippen molar-refractivity contribution in [3.05, 3.63) is 108 Å². The van der Waals surface area contributed by atoms with Gasteiger partial charge in [0.2, 0.25) is 0 Å². The summed E-state index contributed by atoms with van der Waals surface area (Å²) in [7, 11) is 0. The van der Waals surface area contributed by atoms with Crippen LogP contribution in [0.15, 0.2) is 91.0 Å². The van der Waals surface area contributed by atoms with Crippen LogP contribution in [-0.2, 0) is 11.3 Å². The van der Waals surface area contributed by atoms with Crippen molar-refractivity contribution in [1.82, 2.24) is 0 Å². The largest absolute Gasteiger partial charge is 0.507 e. The van der Waals surface area contributed by atoms with Gasteiger partial charge in [-0.15, -0.1) is 11.6 Å². The van der Waals surface area contributed by atoms with Crippen molar-refractivity contribution < 1.29 is 24.5 Å². The summed E-state index contributed by atoms with van der Waals surface area (Å²) >= 11 is 12.1. The zero-order valence-electron chi connectivity index (χ0n) is 26.6. The molecule has 2 aliphatic rings. The molecule has 2 aliphatic heterocycles. The van der Waals surface area contributed by atoms with Gasteiger partial charge in [0.15, 0.2) is 0 Å². The first-order valence-electron chi connectivity index (χ1n) is 15.7. The predicted molar refractivity (Wildman–Crippen MR) is 190 cm³/mol. The molecule has 0 unspecified atom stereocenters. The summed E-state index contributed by atoms with van der Waals surface area (Å²) in [4.78, 5) is 14.5. The molecule has 5 aromatic rings. The van der Waals surface area contributed by atoms with Gasteiger partial charge in [-0.1, -0.05) is 78.9 Å². The molecule has 0 bridgehead atoms. The molecule has 1 amide bonds. The van der Waals surface area contributed by atoms with E-state index in [1.165, 1.54) is 0 Å². The number of amides is 1. The van der Waals surface area contributed by atoms with Crippen LogP contribution in [0.3, 0.4) is 0 Å². The molecule has 7 nitrogen and oxygen atoms in total. The molecule has 5 aromatic carbocycles. The molecule has 0 aliphatic carbocycles. The molecule has 0 saturated carbocycles. The third-order valence-corrected chi connectivity index (χ3v) is 9.17. The van der Waals surface area contributed by atoms with Gasteiger partial charge < -0.3 is 19.7 Å². The van der Waals surface area contributed by atoms with E-state index in [0.29, 0.717) is 31.3 Å². The molecule has 0 saturated heterocycles. The summed E-state index contributed by atoms with van der Waals surface area (Å²) < 4.78 is 13.4. The lowest BCUT2D eigenvalue weighted by Gasteiger charge is -2.25. The van der Waals surface area contributed by atoms with Crippen LogP contribution in [0.1, 0.15) is 49.3 Å². The molecule has 47 heavy (non-hydrogen) atoms. The highest BCUT2D eigenvalue weighted by Crippen LogP contribution is 2.47. The Morgan fingerprint density at radius 2 is 1.43 bits per heavy atom. The van der Waals surface area contributed by atoms with Crippen molar-refractivity contribution in [2.45, 2.75) is 44.8 Å². The van der Waals surface area contributed by atoms with E-state index in [9.17, 15) is 15.0 Å². The minimum atomic E-state index is -0.599. The molecule has 2 atom stereocenters. The Balaban J connectivity index is 0.000000191. The smallest absolute Gasteiger partial charge is 0.414 e. The Labute approximate surface area is 284 Å². The van der Waals surface area contributed by atoms with E-state index in [4.69, 9.17) is 32.9 Å². The number of hydrogen-bond donors (Lipinski definition) is 2. The van der Waals surface area contributed by atoms with Gasteiger partial charge in [0.25, 0.3) is 0 Å². The second-order valence-electron chi connectivity index (χ2n) is 12.9. The first kappa shape index (κ1) is 32.8. The predicted octanol–water partition coefficient (Wildman–Crippen LogP) is 9.09. The second kappa shape index (κ2) is 13.5. The number of phenols is 1. The number of rotatable bonds is 5. The summed E-state index contributed by atoms with van der Waals surface area (Å²) in [6.07, 6.45) is -0.413. The maximum Gasteiger partial charge on any atom is 0.414 e. The highest BCUT2D eigenvalue weighted by molar-refractivity contribution is 6.27. The topological polar surface area (TPSA) is 82.5 Å². The first-order chi connectivity index (χ1) is 22.6. The Morgan fingerprint density at radius 3 is 2.06 bits per heavy atom. The van der Waals surface area contributed by atoms with Crippen LogP contribution in [-0.4, -0.2) is 47.5 Å². The maximum atomic E-state index is 12.9. The second-order valence-corrected chi connectivity index (χ2v) is 13.6. The van der Waals surface area contributed by atoms with Crippen LogP contribution in [0.2, 0.25) is 0 Å². The molecule has 0 spiro atoms. The van der Waals surface area contributed by atoms with Gasteiger partial charge in [-0.3, -0.25) is 9.32 Å². The Bertz CT molecular complexity index is 1910. The van der Waals surface area contributed by atoms with Gasteiger partial charge >= 0.3 is 6.09 Å². The molecule has 9 heteroatoms. The fourth-order valence-electron chi connectivity index (χ4n) is 6.41. The zero-order chi connectivity index (χ0) is 33.3. The van der Waals surface area contributed by atoms with Crippen LogP contribution in [0, 0.1) is 0 Å². The van der Waals surface area contributed by atoms with E-state index >= 15 is 0 Å². The van der Waals surface area contributed by atoms with E-state index < -0.39 is 11.7 Å². The molecule has 0 aromatic heterocycles. The number of carbonyl (C=O) groups is 1. The van der Waals surface area contributed by atoms with Crippen molar-refractivity contribution >= 4 is 62.4 Å². The first-order valence-corrected chi connectivity index (χ1v) is 16.5. The van der Waals surface area contributed by atoms with Gasteiger partial charge in [0.1, 0.15) is 23.7 Å². The number of ether oxygens (including phenoxy) is 2. The van der Waals surface area contributed by atoms with Crippen LogP contribution < -0.4 is 14.1 Å². The number of hydrogen-bond acceptors (Lipinski definition) is 6. The Hall–Kier alpha value is -4.17. The minimum Gasteiger partial charge on any atom is -0.507 e. The fourth-order valence-corrected chi connectivity index (χ4v) is 6.97. The lowest BCUT2D eigenvalue weighted by atomic mass is 9.95. The number of fused-ring (bicyclic) bond motifs is 6. The number of aliphatic hydroxyl groups is 1. The van der Waals surface area contributed by atoms with E-state index in [-0.39, 0.29) is 24.2 Å². The van der Waals surface area contributed by atoms with Crippen LogP contribution in [0.25, 0.3) is 21.5 Å². The third-order valence-electron chi connectivity index (χ3n) is 8.48. The quantitative estimate of drug-likeness (QED) is 0.143. The molecule has 244 valence electrons. The SMILES string of the molecule is CC(C)(C)OC(=O)N1C[C@@H](CO)c2c1cc(OCc1ccccc1)c1ccccc21.Oc1cc2c(c3ccccc13)[C@H](CCl)CN2Cl. The van der Waals surface area contributed by atoms with Crippen LogP contribution >= 0.6 is 23.4 Å². The molecule has 7 rings (SSSR count). The van der Waals surface area contributed by atoms with Crippen molar-refractivity contribution in [2.75, 3.05) is 34.9 Å². The number of halogens is 2. The van der Waals surface area contributed by atoms with Crippen molar-refractivity contribution in [1.29, 1.82) is 0 Å². The van der Waals surface area contributed by atoms with Crippen LogP contribution in [0.4, 0.5) is 16.2 Å². The Kier molecular flexibility index (Phi) is 9.42. The summed E-state index contributed by atoms with van der Waals surface area (Å²) in [5, 5.41) is 23.9. The lowest BCUT2D eigenvalue weighted by molar-refractivity contribution is 0.0581. The fraction of sp³-hybridized carbons (Fsp3) is 0.289. The summed E-state index contributed by atoms with van der Waals surface area (Å²) in [5.41, 5.74) is 4.19. The highest BCUT2D eigenvalue weighted by atomic mass is 35.5.